The third kappa shape index (κ3) is 4.82. The molecule has 1 fully saturated rings. The largest absolute Gasteiger partial charge is 0.396 e. The van der Waals surface area contributed by atoms with Crippen LogP contribution < -0.4 is 0 Å². The maximum absolute atomic E-state index is 12.6. The Labute approximate surface area is 132 Å². The number of amides is 1. The fourth-order valence-electron chi connectivity index (χ4n) is 2.89. The summed E-state index contributed by atoms with van der Waals surface area (Å²) < 4.78 is 0. The van der Waals surface area contributed by atoms with Crippen LogP contribution in [0.15, 0.2) is 24.3 Å². The van der Waals surface area contributed by atoms with Crippen LogP contribution in [0.5, 0.6) is 0 Å². The van der Waals surface area contributed by atoms with Crippen LogP contribution in [0.1, 0.15) is 49.0 Å². The molecule has 1 aliphatic heterocycles. The first-order chi connectivity index (χ1) is 10.4. The fraction of sp³-hybridized carbons (Fsp3) is 0.611. The second-order valence-electron chi connectivity index (χ2n) is 6.95. The number of aryl methyl sites for hydroxylation is 1. The second kappa shape index (κ2) is 7.25. The second-order valence-corrected chi connectivity index (χ2v) is 6.95. The SMILES string of the molecule is CC(C)(O)CCc1cccc(C(=O)N2CCC[C@H](CO)C2)c1. The zero-order valence-corrected chi connectivity index (χ0v) is 13.6. The summed E-state index contributed by atoms with van der Waals surface area (Å²) >= 11 is 0. The van der Waals surface area contributed by atoms with Crippen molar-refractivity contribution >= 4 is 5.91 Å². The molecule has 4 nitrogen and oxygen atoms in total. The van der Waals surface area contributed by atoms with E-state index >= 15 is 0 Å². The smallest absolute Gasteiger partial charge is 0.253 e. The lowest BCUT2D eigenvalue weighted by atomic mass is 9.96. The van der Waals surface area contributed by atoms with Gasteiger partial charge in [-0.2, -0.15) is 0 Å². The van der Waals surface area contributed by atoms with Crippen LogP contribution >= 0.6 is 0 Å². The van der Waals surface area contributed by atoms with Gasteiger partial charge in [-0.15, -0.1) is 0 Å². The molecule has 1 saturated heterocycles. The average Bonchev–Trinajstić information content (AvgIpc) is 2.52. The molecule has 1 aromatic carbocycles. The topological polar surface area (TPSA) is 60.8 Å². The Morgan fingerprint density at radius 2 is 2.18 bits per heavy atom. The van der Waals surface area contributed by atoms with E-state index in [1.54, 1.807) is 13.8 Å². The molecule has 4 heteroatoms. The van der Waals surface area contributed by atoms with Gasteiger partial charge in [-0.25, -0.2) is 0 Å². The summed E-state index contributed by atoms with van der Waals surface area (Å²) in [7, 11) is 0. The Bertz CT molecular complexity index is 507. The highest BCUT2D eigenvalue weighted by Crippen LogP contribution is 2.19. The molecule has 1 aliphatic rings. The molecule has 0 aliphatic carbocycles. The van der Waals surface area contributed by atoms with E-state index < -0.39 is 5.60 Å². The predicted octanol–water partition coefficient (Wildman–Crippen LogP) is 2.23. The Morgan fingerprint density at radius 3 is 2.86 bits per heavy atom. The molecule has 0 spiro atoms. The van der Waals surface area contributed by atoms with Gasteiger partial charge in [0.2, 0.25) is 0 Å². The molecule has 0 aromatic heterocycles. The lowest BCUT2D eigenvalue weighted by Crippen LogP contribution is -2.40. The van der Waals surface area contributed by atoms with E-state index in [0.717, 1.165) is 31.4 Å². The maximum Gasteiger partial charge on any atom is 0.253 e. The lowest BCUT2D eigenvalue weighted by Gasteiger charge is -2.32. The van der Waals surface area contributed by atoms with E-state index in [-0.39, 0.29) is 18.4 Å². The summed E-state index contributed by atoms with van der Waals surface area (Å²) in [4.78, 5) is 14.5. The Balaban J connectivity index is 2.03. The van der Waals surface area contributed by atoms with Gasteiger partial charge in [0.1, 0.15) is 0 Å². The zero-order chi connectivity index (χ0) is 16.2. The number of aliphatic hydroxyl groups excluding tert-OH is 1. The molecule has 1 amide bonds. The number of benzene rings is 1. The minimum atomic E-state index is -0.693. The lowest BCUT2D eigenvalue weighted by molar-refractivity contribution is 0.0620. The summed E-state index contributed by atoms with van der Waals surface area (Å²) in [6.07, 6.45) is 3.37. The van der Waals surface area contributed by atoms with Gasteiger partial charge in [0.25, 0.3) is 5.91 Å². The number of piperidine rings is 1. The van der Waals surface area contributed by atoms with E-state index in [2.05, 4.69) is 0 Å². The first kappa shape index (κ1) is 17.0. The molecular formula is C18H27NO3. The van der Waals surface area contributed by atoms with Crippen LogP contribution in [0.25, 0.3) is 0 Å². The molecule has 1 heterocycles. The standard InChI is InChI=1S/C18H27NO3/c1-18(2,22)9-8-14-5-3-7-16(11-14)17(21)19-10-4-6-15(12-19)13-20/h3,5,7,11,15,20,22H,4,6,8-10,12-13H2,1-2H3/t15-/m0/s1. The van der Waals surface area contributed by atoms with Gasteiger partial charge in [0.15, 0.2) is 0 Å². The van der Waals surface area contributed by atoms with Crippen molar-refractivity contribution in [3.05, 3.63) is 35.4 Å². The first-order valence-electron chi connectivity index (χ1n) is 8.10. The molecule has 1 atom stereocenters. The normalized spacial score (nSPS) is 19.3. The molecular weight excluding hydrogens is 278 g/mol. The Hall–Kier alpha value is -1.39. The summed E-state index contributed by atoms with van der Waals surface area (Å²) in [5.41, 5.74) is 1.08. The Kier molecular flexibility index (Phi) is 5.59. The van der Waals surface area contributed by atoms with Crippen LogP contribution in [0.2, 0.25) is 0 Å². The molecule has 0 unspecified atom stereocenters. The molecule has 0 bridgehead atoms. The van der Waals surface area contributed by atoms with Gasteiger partial charge in [-0.1, -0.05) is 12.1 Å². The van der Waals surface area contributed by atoms with Crippen molar-refractivity contribution in [2.75, 3.05) is 19.7 Å². The van der Waals surface area contributed by atoms with E-state index in [9.17, 15) is 15.0 Å². The van der Waals surface area contributed by atoms with Gasteiger partial charge < -0.3 is 15.1 Å². The van der Waals surface area contributed by atoms with Crippen molar-refractivity contribution in [2.24, 2.45) is 5.92 Å². The first-order valence-corrected chi connectivity index (χ1v) is 8.10. The molecule has 2 N–H and O–H groups in total. The van der Waals surface area contributed by atoms with Gasteiger partial charge in [0.05, 0.1) is 5.60 Å². The Morgan fingerprint density at radius 1 is 1.41 bits per heavy atom. The van der Waals surface area contributed by atoms with Crippen molar-refractivity contribution in [2.45, 2.75) is 45.1 Å². The average molecular weight is 305 g/mol. The number of hydrogen-bond donors (Lipinski definition) is 2. The minimum Gasteiger partial charge on any atom is -0.396 e. The summed E-state index contributed by atoms with van der Waals surface area (Å²) in [6, 6.07) is 7.67. The van der Waals surface area contributed by atoms with Gasteiger partial charge in [-0.3, -0.25) is 4.79 Å². The number of hydrogen-bond acceptors (Lipinski definition) is 3. The van der Waals surface area contributed by atoms with Crippen LogP contribution in [0.4, 0.5) is 0 Å². The van der Waals surface area contributed by atoms with Gasteiger partial charge in [-0.05, 0) is 63.1 Å². The summed E-state index contributed by atoms with van der Waals surface area (Å²) in [5, 5.41) is 19.1. The van der Waals surface area contributed by atoms with Crippen LogP contribution in [0.3, 0.4) is 0 Å². The van der Waals surface area contributed by atoms with Crippen molar-refractivity contribution in [3.63, 3.8) is 0 Å². The number of carbonyl (C=O) groups excluding carboxylic acids is 1. The van der Waals surface area contributed by atoms with Gasteiger partial charge in [0, 0.05) is 25.3 Å². The quantitative estimate of drug-likeness (QED) is 0.877. The van der Waals surface area contributed by atoms with Crippen LogP contribution in [-0.2, 0) is 6.42 Å². The van der Waals surface area contributed by atoms with E-state index in [4.69, 9.17) is 0 Å². The number of nitrogens with zero attached hydrogens (tertiary/aromatic N) is 1. The predicted molar refractivity (Wildman–Crippen MR) is 86.8 cm³/mol. The number of carbonyl (C=O) groups is 1. The fourth-order valence-corrected chi connectivity index (χ4v) is 2.89. The molecule has 22 heavy (non-hydrogen) atoms. The summed E-state index contributed by atoms with van der Waals surface area (Å²) in [5.74, 6) is 0.249. The number of aliphatic hydroxyl groups is 2. The molecule has 1 aromatic rings. The molecule has 2 rings (SSSR count). The molecule has 122 valence electrons. The highest BCUT2D eigenvalue weighted by atomic mass is 16.3. The summed E-state index contributed by atoms with van der Waals surface area (Å²) in [6.45, 7) is 5.15. The van der Waals surface area contributed by atoms with Crippen LogP contribution in [0, 0.1) is 5.92 Å². The van der Waals surface area contributed by atoms with Gasteiger partial charge >= 0.3 is 0 Å². The third-order valence-corrected chi connectivity index (χ3v) is 4.26. The van der Waals surface area contributed by atoms with E-state index in [1.165, 1.54) is 0 Å². The highest BCUT2D eigenvalue weighted by Gasteiger charge is 2.24. The van der Waals surface area contributed by atoms with E-state index in [0.29, 0.717) is 18.5 Å². The maximum atomic E-state index is 12.6. The highest BCUT2D eigenvalue weighted by molar-refractivity contribution is 5.94. The van der Waals surface area contributed by atoms with E-state index in [1.807, 2.05) is 29.2 Å². The van der Waals surface area contributed by atoms with Crippen molar-refractivity contribution in [3.8, 4) is 0 Å². The zero-order valence-electron chi connectivity index (χ0n) is 13.6. The monoisotopic (exact) mass is 305 g/mol. The van der Waals surface area contributed by atoms with Crippen molar-refractivity contribution in [1.82, 2.24) is 4.90 Å². The third-order valence-electron chi connectivity index (χ3n) is 4.26. The minimum absolute atomic E-state index is 0.0447. The number of rotatable bonds is 5. The molecule has 0 saturated carbocycles. The van der Waals surface area contributed by atoms with Crippen LogP contribution in [-0.4, -0.2) is 46.3 Å². The molecule has 0 radical (unpaired) electrons. The van der Waals surface area contributed by atoms with Crippen molar-refractivity contribution < 1.29 is 15.0 Å². The van der Waals surface area contributed by atoms with Crippen molar-refractivity contribution in [1.29, 1.82) is 0 Å². The number of likely N-dealkylation sites (tertiary alicyclic amines) is 1.